The Bertz CT molecular complexity index is 664. The largest absolute Gasteiger partial charge is 0.465 e. The van der Waals surface area contributed by atoms with Gasteiger partial charge in [-0.15, -0.1) is 0 Å². The fourth-order valence-electron chi connectivity index (χ4n) is 3.28. The van der Waals surface area contributed by atoms with Crippen LogP contribution in [-0.2, 0) is 19.1 Å². The molecule has 1 aromatic rings. The molecule has 0 bridgehead atoms. The van der Waals surface area contributed by atoms with Gasteiger partial charge in [-0.1, -0.05) is 36.9 Å². The molecule has 1 aliphatic heterocycles. The van der Waals surface area contributed by atoms with Gasteiger partial charge in [-0.3, -0.25) is 19.3 Å². The van der Waals surface area contributed by atoms with E-state index >= 15 is 0 Å². The van der Waals surface area contributed by atoms with Crippen molar-refractivity contribution in [2.24, 2.45) is 5.41 Å². The number of likely N-dealkylation sites (N-methyl/N-ethyl adjacent to an activating group) is 1. The fraction of sp³-hybridized carbons (Fsp3) is 0.421. The molecule has 2 rings (SSSR count). The zero-order valence-corrected chi connectivity index (χ0v) is 14.8. The Kier molecular flexibility index (Phi) is 5.74. The average Bonchev–Trinajstić information content (AvgIpc) is 2.86. The Hall–Kier alpha value is -2.47. The number of carbonyl (C=O) groups is 3. The third-order valence-corrected chi connectivity index (χ3v) is 4.35. The summed E-state index contributed by atoms with van der Waals surface area (Å²) >= 11 is 0. The van der Waals surface area contributed by atoms with Crippen LogP contribution in [0.3, 0.4) is 0 Å². The zero-order valence-electron chi connectivity index (χ0n) is 14.8. The number of benzene rings is 1. The molecule has 6 nitrogen and oxygen atoms in total. The third-order valence-electron chi connectivity index (χ3n) is 4.35. The van der Waals surface area contributed by atoms with E-state index in [9.17, 15) is 14.4 Å². The minimum absolute atomic E-state index is 0.0865. The van der Waals surface area contributed by atoms with Crippen LogP contribution in [0.4, 0.5) is 0 Å². The van der Waals surface area contributed by atoms with E-state index in [1.165, 1.54) is 0 Å². The van der Waals surface area contributed by atoms with Crippen LogP contribution in [0.25, 0.3) is 0 Å². The predicted octanol–water partition coefficient (Wildman–Crippen LogP) is 1.85. The SMILES string of the molecule is C=C1CN(C)C(C(=O)c2ccccc2)C1(C(=O)OCC)C(=O)OCC. The lowest BCUT2D eigenvalue weighted by Crippen LogP contribution is -2.55. The summed E-state index contributed by atoms with van der Waals surface area (Å²) in [5.41, 5.74) is -1.14. The van der Waals surface area contributed by atoms with Crippen molar-refractivity contribution in [3.05, 3.63) is 48.0 Å². The highest BCUT2D eigenvalue weighted by atomic mass is 16.6. The van der Waals surface area contributed by atoms with Gasteiger partial charge in [0.25, 0.3) is 0 Å². The monoisotopic (exact) mass is 345 g/mol. The number of hydrogen-bond acceptors (Lipinski definition) is 6. The molecule has 1 unspecified atom stereocenters. The molecule has 1 fully saturated rings. The molecule has 0 aliphatic carbocycles. The second-order valence-corrected chi connectivity index (χ2v) is 5.90. The minimum atomic E-state index is -1.85. The Balaban J connectivity index is 2.59. The van der Waals surface area contributed by atoms with Crippen LogP contribution in [0, 0.1) is 5.41 Å². The Morgan fingerprint density at radius 3 is 2.12 bits per heavy atom. The van der Waals surface area contributed by atoms with Gasteiger partial charge < -0.3 is 9.47 Å². The number of Topliss-reactive ketones (excluding diaryl/α,β-unsaturated/α-hetero) is 1. The van der Waals surface area contributed by atoms with E-state index in [0.717, 1.165) is 0 Å². The maximum absolute atomic E-state index is 13.1. The lowest BCUT2D eigenvalue weighted by atomic mass is 9.74. The van der Waals surface area contributed by atoms with E-state index in [0.29, 0.717) is 11.1 Å². The van der Waals surface area contributed by atoms with E-state index in [1.54, 1.807) is 56.1 Å². The average molecular weight is 345 g/mol. The van der Waals surface area contributed by atoms with Gasteiger partial charge in [0.05, 0.1) is 13.2 Å². The summed E-state index contributed by atoms with van der Waals surface area (Å²) in [7, 11) is 1.68. The fourth-order valence-corrected chi connectivity index (χ4v) is 3.28. The van der Waals surface area contributed by atoms with Gasteiger partial charge in [0, 0.05) is 12.1 Å². The van der Waals surface area contributed by atoms with Crippen LogP contribution >= 0.6 is 0 Å². The Morgan fingerprint density at radius 1 is 1.12 bits per heavy atom. The molecule has 1 aromatic carbocycles. The summed E-state index contributed by atoms with van der Waals surface area (Å²) in [5.74, 6) is -1.93. The molecule has 0 amide bonds. The molecule has 0 saturated carbocycles. The smallest absolute Gasteiger partial charge is 0.329 e. The summed E-state index contributed by atoms with van der Waals surface area (Å²) in [6.45, 7) is 7.58. The van der Waals surface area contributed by atoms with Crippen LogP contribution < -0.4 is 0 Å². The van der Waals surface area contributed by atoms with Gasteiger partial charge in [0.15, 0.2) is 5.78 Å². The number of rotatable bonds is 6. The van der Waals surface area contributed by atoms with Crippen molar-refractivity contribution in [2.75, 3.05) is 26.8 Å². The second kappa shape index (κ2) is 7.61. The molecule has 134 valence electrons. The topological polar surface area (TPSA) is 72.9 Å². The van der Waals surface area contributed by atoms with Crippen LogP contribution in [0.2, 0.25) is 0 Å². The van der Waals surface area contributed by atoms with Gasteiger partial charge >= 0.3 is 11.9 Å². The highest BCUT2D eigenvalue weighted by Crippen LogP contribution is 2.43. The number of likely N-dealkylation sites (tertiary alicyclic amines) is 1. The standard InChI is InChI=1S/C19H23NO5/c1-5-24-17(22)19(18(23)25-6-2)13(3)12-20(4)16(19)15(21)14-10-8-7-9-11-14/h7-11,16H,3,5-6,12H2,1-2,4H3. The van der Waals surface area contributed by atoms with Gasteiger partial charge in [-0.25, -0.2) is 0 Å². The number of hydrogen-bond donors (Lipinski definition) is 0. The summed E-state index contributed by atoms with van der Waals surface area (Å²) in [6.07, 6.45) is 0. The van der Waals surface area contributed by atoms with E-state index in [2.05, 4.69) is 6.58 Å². The van der Waals surface area contributed by atoms with Crippen LogP contribution in [0.5, 0.6) is 0 Å². The van der Waals surface area contributed by atoms with Crippen LogP contribution in [-0.4, -0.2) is 55.5 Å². The normalized spacial score (nSPS) is 19.5. The molecule has 0 N–H and O–H groups in total. The first-order valence-corrected chi connectivity index (χ1v) is 8.23. The quantitative estimate of drug-likeness (QED) is 0.339. The number of ether oxygens (including phenoxy) is 2. The van der Waals surface area contributed by atoms with Crippen molar-refractivity contribution < 1.29 is 23.9 Å². The molecular formula is C19H23NO5. The highest BCUT2D eigenvalue weighted by Gasteiger charge is 2.64. The van der Waals surface area contributed by atoms with Gasteiger partial charge in [-0.2, -0.15) is 0 Å². The van der Waals surface area contributed by atoms with Gasteiger partial charge in [0.2, 0.25) is 5.41 Å². The molecule has 6 heteroatoms. The zero-order chi connectivity index (χ0) is 18.6. The number of nitrogens with zero attached hydrogens (tertiary/aromatic N) is 1. The number of carbonyl (C=O) groups excluding carboxylic acids is 3. The van der Waals surface area contributed by atoms with E-state index in [1.807, 2.05) is 0 Å². The summed E-state index contributed by atoms with van der Waals surface area (Å²) < 4.78 is 10.3. The predicted molar refractivity (Wildman–Crippen MR) is 92.0 cm³/mol. The summed E-state index contributed by atoms with van der Waals surface area (Å²) in [5, 5.41) is 0. The lowest BCUT2D eigenvalue weighted by molar-refractivity contribution is -0.169. The number of esters is 2. The molecule has 1 heterocycles. The highest BCUT2D eigenvalue weighted by molar-refractivity contribution is 6.14. The molecule has 0 radical (unpaired) electrons. The maximum atomic E-state index is 13.1. The molecule has 1 aliphatic rings. The van der Waals surface area contributed by atoms with Crippen LogP contribution in [0.15, 0.2) is 42.5 Å². The number of ketones is 1. The molecule has 0 aromatic heterocycles. The minimum Gasteiger partial charge on any atom is -0.465 e. The van der Waals surface area contributed by atoms with Crippen molar-refractivity contribution in [1.29, 1.82) is 0 Å². The first-order chi connectivity index (χ1) is 11.9. The first kappa shape index (κ1) is 18.9. The maximum Gasteiger partial charge on any atom is 0.329 e. The van der Waals surface area contributed by atoms with Crippen molar-refractivity contribution in [2.45, 2.75) is 19.9 Å². The van der Waals surface area contributed by atoms with Crippen molar-refractivity contribution in [1.82, 2.24) is 4.90 Å². The van der Waals surface area contributed by atoms with Crippen LogP contribution in [0.1, 0.15) is 24.2 Å². The summed E-state index contributed by atoms with van der Waals surface area (Å²) in [6, 6.07) is 7.50. The molecule has 1 atom stereocenters. The van der Waals surface area contributed by atoms with Gasteiger partial charge in [-0.05, 0) is 26.5 Å². The van der Waals surface area contributed by atoms with E-state index < -0.39 is 23.4 Å². The second-order valence-electron chi connectivity index (χ2n) is 5.90. The summed E-state index contributed by atoms with van der Waals surface area (Å²) in [4.78, 5) is 40.4. The van der Waals surface area contributed by atoms with Crippen molar-refractivity contribution in [3.63, 3.8) is 0 Å². The van der Waals surface area contributed by atoms with Crippen molar-refractivity contribution in [3.8, 4) is 0 Å². The Morgan fingerprint density at radius 2 is 1.64 bits per heavy atom. The first-order valence-electron chi connectivity index (χ1n) is 8.23. The molecular weight excluding hydrogens is 322 g/mol. The molecule has 0 spiro atoms. The van der Waals surface area contributed by atoms with E-state index in [-0.39, 0.29) is 25.5 Å². The van der Waals surface area contributed by atoms with E-state index in [4.69, 9.17) is 9.47 Å². The lowest BCUT2D eigenvalue weighted by Gasteiger charge is -2.32. The Labute approximate surface area is 147 Å². The third kappa shape index (κ3) is 3.09. The van der Waals surface area contributed by atoms with Crippen molar-refractivity contribution >= 4 is 17.7 Å². The molecule has 25 heavy (non-hydrogen) atoms. The molecule has 1 saturated heterocycles. The van der Waals surface area contributed by atoms with Gasteiger partial charge in [0.1, 0.15) is 6.04 Å².